The van der Waals surface area contributed by atoms with Gasteiger partial charge in [0.25, 0.3) is 0 Å². The molecule has 0 bridgehead atoms. The molecule has 210 valence electrons. The van der Waals surface area contributed by atoms with E-state index in [1.54, 1.807) is 11.1 Å². The molecule has 0 saturated carbocycles. The van der Waals surface area contributed by atoms with Crippen molar-refractivity contribution in [3.63, 3.8) is 0 Å². The lowest BCUT2D eigenvalue weighted by molar-refractivity contribution is 0.300. The summed E-state index contributed by atoms with van der Waals surface area (Å²) in [5.41, 5.74) is 6.95. The number of allylic oxidation sites excluding steroid dienone is 8. The molecule has 0 fully saturated rings. The molecule has 0 aliphatic heterocycles. The Hall–Kier alpha value is -1.42. The third kappa shape index (κ3) is 5.33. The van der Waals surface area contributed by atoms with Gasteiger partial charge < -0.3 is 0 Å². The highest BCUT2D eigenvalue weighted by Crippen LogP contribution is 2.55. The van der Waals surface area contributed by atoms with Crippen LogP contribution >= 0.6 is 34.0 Å². The van der Waals surface area contributed by atoms with E-state index in [9.17, 15) is 0 Å². The number of rotatable bonds is 2. The van der Waals surface area contributed by atoms with Gasteiger partial charge in [0.2, 0.25) is 0 Å². The zero-order chi connectivity index (χ0) is 28.7. The molecule has 0 saturated heterocycles. The van der Waals surface area contributed by atoms with Gasteiger partial charge in [-0.2, -0.15) is 0 Å². The molecule has 0 nitrogen and oxygen atoms in total. The molecule has 2 aliphatic carbocycles. The quantitative estimate of drug-likeness (QED) is 0.285. The van der Waals surface area contributed by atoms with Gasteiger partial charge in [-0.25, -0.2) is 0 Å². The van der Waals surface area contributed by atoms with Crippen molar-refractivity contribution >= 4 is 64.0 Å². The third-order valence-corrected chi connectivity index (χ3v) is 12.5. The van der Waals surface area contributed by atoms with Gasteiger partial charge in [0, 0.05) is 19.2 Å². The molecule has 2 aliphatic rings. The summed E-state index contributed by atoms with van der Waals surface area (Å²) >= 11 is 6.11. The van der Waals surface area contributed by atoms with Gasteiger partial charge >= 0.3 is 0 Å². The predicted molar refractivity (Wildman–Crippen MR) is 181 cm³/mol. The maximum absolute atomic E-state index is 2.52. The van der Waals surface area contributed by atoms with E-state index in [0.29, 0.717) is 11.8 Å². The second-order valence-corrected chi connectivity index (χ2v) is 19.2. The van der Waals surface area contributed by atoms with Crippen LogP contribution in [0.5, 0.6) is 0 Å². The molecule has 2 unspecified atom stereocenters. The third-order valence-electron chi connectivity index (χ3n) is 8.65. The van der Waals surface area contributed by atoms with Crippen molar-refractivity contribution in [2.75, 3.05) is 0 Å². The molecule has 3 heterocycles. The van der Waals surface area contributed by atoms with Crippen LogP contribution in [0, 0.1) is 33.5 Å². The molecule has 39 heavy (non-hydrogen) atoms. The van der Waals surface area contributed by atoms with Crippen LogP contribution in [0.2, 0.25) is 0 Å². The molecule has 0 aromatic carbocycles. The van der Waals surface area contributed by atoms with E-state index in [0.717, 1.165) is 12.8 Å². The molecule has 3 heteroatoms. The summed E-state index contributed by atoms with van der Waals surface area (Å²) in [6.07, 6.45) is 12.0. The molecule has 3 aromatic rings. The fourth-order valence-corrected chi connectivity index (χ4v) is 10.8. The van der Waals surface area contributed by atoms with Gasteiger partial charge in [-0.15, -0.1) is 34.0 Å². The minimum Gasteiger partial charge on any atom is -0.133 e. The zero-order valence-corrected chi connectivity index (χ0v) is 28.7. The average Bonchev–Trinajstić information content (AvgIpc) is 3.46. The Balaban J connectivity index is 1.70. The smallest absolute Gasteiger partial charge is 0.0636 e. The largest absolute Gasteiger partial charge is 0.133 e. The highest BCUT2D eigenvalue weighted by Gasteiger charge is 2.37. The Morgan fingerprint density at radius 2 is 0.897 bits per heavy atom. The van der Waals surface area contributed by atoms with Crippen LogP contribution in [0.4, 0.5) is 0 Å². The van der Waals surface area contributed by atoms with Gasteiger partial charge in [-0.3, -0.25) is 0 Å². The standard InChI is InChI=1S/C36H48S3/c1-33(2,3)21-15-13-16-22(34(4,5)6)29(21)25-19-27-31(38-25)32-28(37-27)20-26(39-32)30-23(35(7,8)9)17-14-18-24(30)36(10,11)12/h13-15,17,19-20,22,24H,16,18H2,1-12H3. The maximum Gasteiger partial charge on any atom is 0.0636 e. The van der Waals surface area contributed by atoms with Gasteiger partial charge in [0.15, 0.2) is 0 Å². The monoisotopic (exact) mass is 576 g/mol. The second kappa shape index (κ2) is 9.57. The number of thiophene rings is 3. The molecule has 0 radical (unpaired) electrons. The summed E-state index contributed by atoms with van der Waals surface area (Å²) in [6.45, 7) is 28.8. The van der Waals surface area contributed by atoms with Gasteiger partial charge in [0.05, 0.1) is 9.40 Å². The first-order chi connectivity index (χ1) is 17.9. The van der Waals surface area contributed by atoms with Crippen LogP contribution in [0.25, 0.3) is 29.9 Å². The first-order valence-corrected chi connectivity index (χ1v) is 17.1. The Kier molecular flexibility index (Phi) is 7.13. The summed E-state index contributed by atoms with van der Waals surface area (Å²) in [7, 11) is 0. The molecule has 3 aromatic heterocycles. The Labute approximate surface area is 249 Å². The van der Waals surface area contributed by atoms with E-state index < -0.39 is 0 Å². The van der Waals surface area contributed by atoms with Gasteiger partial charge in [-0.05, 0) is 80.8 Å². The van der Waals surface area contributed by atoms with Crippen molar-refractivity contribution in [2.45, 2.75) is 95.9 Å². The number of hydrogen-bond donors (Lipinski definition) is 0. The Morgan fingerprint density at radius 1 is 0.538 bits per heavy atom. The predicted octanol–water partition coefficient (Wildman–Crippen LogP) is 13.0. The van der Waals surface area contributed by atoms with Crippen molar-refractivity contribution in [2.24, 2.45) is 33.5 Å². The van der Waals surface area contributed by atoms with Crippen LogP contribution in [0.3, 0.4) is 0 Å². The van der Waals surface area contributed by atoms with Crippen LogP contribution in [-0.2, 0) is 0 Å². The highest BCUT2D eigenvalue weighted by molar-refractivity contribution is 7.39. The lowest BCUT2D eigenvalue weighted by atomic mass is 9.67. The van der Waals surface area contributed by atoms with Crippen molar-refractivity contribution in [1.29, 1.82) is 0 Å². The summed E-state index contributed by atoms with van der Waals surface area (Å²) in [5, 5.41) is 0. The summed E-state index contributed by atoms with van der Waals surface area (Å²) in [5.74, 6) is 1.08. The molecular weight excluding hydrogens is 529 g/mol. The Morgan fingerprint density at radius 3 is 1.21 bits per heavy atom. The Bertz CT molecular complexity index is 1410. The van der Waals surface area contributed by atoms with Crippen LogP contribution in [0.15, 0.2) is 47.6 Å². The van der Waals surface area contributed by atoms with Crippen molar-refractivity contribution in [3.05, 3.63) is 57.3 Å². The van der Waals surface area contributed by atoms with E-state index in [4.69, 9.17) is 0 Å². The average molecular weight is 577 g/mol. The van der Waals surface area contributed by atoms with E-state index in [-0.39, 0.29) is 21.7 Å². The molecule has 2 atom stereocenters. The van der Waals surface area contributed by atoms with Gasteiger partial charge in [0.1, 0.15) is 0 Å². The van der Waals surface area contributed by atoms with Crippen molar-refractivity contribution < 1.29 is 0 Å². The molecular formula is C36H48S3. The SMILES string of the molecule is CC(C)(C)C1=C(c2cc3sc4cc(C5=C(C(C)(C)C)C=CCC5C(C)(C)C)sc4c3s2)C(C(C)(C)C)CC=C1. The minimum atomic E-state index is 0.130. The summed E-state index contributed by atoms with van der Waals surface area (Å²) in [4.78, 5) is 2.98. The maximum atomic E-state index is 2.52. The van der Waals surface area contributed by atoms with Crippen molar-refractivity contribution in [1.82, 2.24) is 0 Å². The van der Waals surface area contributed by atoms with E-state index in [2.05, 4.69) is 142 Å². The summed E-state index contributed by atoms with van der Waals surface area (Å²) in [6, 6.07) is 5.05. The van der Waals surface area contributed by atoms with Crippen LogP contribution < -0.4 is 0 Å². The van der Waals surface area contributed by atoms with Crippen LogP contribution in [0.1, 0.15) is 106 Å². The fourth-order valence-electron chi connectivity index (χ4n) is 6.53. The number of hydrogen-bond acceptors (Lipinski definition) is 3. The minimum absolute atomic E-state index is 0.130. The van der Waals surface area contributed by atoms with Crippen LogP contribution in [-0.4, -0.2) is 0 Å². The van der Waals surface area contributed by atoms with Crippen molar-refractivity contribution in [3.8, 4) is 0 Å². The number of fused-ring (bicyclic) bond motifs is 3. The molecule has 5 rings (SSSR count). The van der Waals surface area contributed by atoms with Gasteiger partial charge in [-0.1, -0.05) is 107 Å². The van der Waals surface area contributed by atoms with E-state index in [1.807, 2.05) is 11.3 Å². The highest BCUT2D eigenvalue weighted by atomic mass is 32.1. The lowest BCUT2D eigenvalue weighted by Gasteiger charge is -2.38. The first-order valence-electron chi connectivity index (χ1n) is 14.7. The second-order valence-electron chi connectivity index (χ2n) is 16.0. The normalized spacial score (nSPS) is 21.7. The fraction of sp³-hybridized carbons (Fsp3) is 0.556. The zero-order valence-electron chi connectivity index (χ0n) is 26.3. The lowest BCUT2D eigenvalue weighted by Crippen LogP contribution is -2.26. The van der Waals surface area contributed by atoms with E-state index in [1.165, 1.54) is 39.7 Å². The summed E-state index contributed by atoms with van der Waals surface area (Å²) < 4.78 is 5.93. The topological polar surface area (TPSA) is 0 Å². The first kappa shape index (κ1) is 29.1. The molecule has 0 amide bonds. The molecule has 0 spiro atoms. The van der Waals surface area contributed by atoms with E-state index >= 15 is 0 Å². The molecule has 0 N–H and O–H groups in total.